The fourth-order valence-electron chi connectivity index (χ4n) is 2.12. The summed E-state index contributed by atoms with van der Waals surface area (Å²) in [5.74, 6) is -0.862. The van der Waals surface area contributed by atoms with Gasteiger partial charge >= 0.3 is 5.97 Å². The molecule has 0 bridgehead atoms. The Morgan fingerprint density at radius 1 is 1.10 bits per heavy atom. The third kappa shape index (κ3) is 3.28. The first kappa shape index (κ1) is 14.8. The van der Waals surface area contributed by atoms with E-state index in [-0.39, 0.29) is 30.5 Å². The molecule has 0 spiro atoms. The molecule has 21 heavy (non-hydrogen) atoms. The van der Waals surface area contributed by atoms with E-state index >= 15 is 0 Å². The van der Waals surface area contributed by atoms with Gasteiger partial charge in [0.25, 0.3) is 0 Å². The van der Waals surface area contributed by atoms with Crippen molar-refractivity contribution in [3.63, 3.8) is 0 Å². The Kier molecular flexibility index (Phi) is 4.37. The fraction of sp³-hybridized carbons (Fsp3) is 0.267. The van der Waals surface area contributed by atoms with Crippen molar-refractivity contribution < 1.29 is 24.9 Å². The zero-order valence-electron chi connectivity index (χ0n) is 11.6. The van der Waals surface area contributed by atoms with Crippen molar-refractivity contribution in [1.29, 1.82) is 0 Å². The number of phenolic OH excluding ortho intramolecular Hbond substituents is 1. The van der Waals surface area contributed by atoms with Gasteiger partial charge in [0, 0.05) is 18.6 Å². The zero-order valence-corrected chi connectivity index (χ0v) is 11.6. The third-order valence-corrected chi connectivity index (χ3v) is 3.11. The molecular formula is C15H17NO5. The minimum Gasteiger partial charge on any atom is -0.508 e. The topological polar surface area (TPSA) is 91.9 Å². The number of hydrogen-bond donors (Lipinski definition) is 3. The summed E-state index contributed by atoms with van der Waals surface area (Å²) in [6.45, 7) is 1.89. The predicted molar refractivity (Wildman–Crippen MR) is 75.2 cm³/mol. The highest BCUT2D eigenvalue weighted by atomic mass is 16.5. The lowest BCUT2D eigenvalue weighted by molar-refractivity contribution is -0.147. The molecule has 2 aromatic rings. The molecular weight excluding hydrogens is 274 g/mol. The number of benzene rings is 1. The van der Waals surface area contributed by atoms with Crippen molar-refractivity contribution in [2.75, 3.05) is 6.61 Å². The molecule has 0 aliphatic heterocycles. The van der Waals surface area contributed by atoms with Crippen LogP contribution in [0.1, 0.15) is 18.5 Å². The van der Waals surface area contributed by atoms with Gasteiger partial charge < -0.3 is 20.1 Å². The summed E-state index contributed by atoms with van der Waals surface area (Å²) in [6, 6.07) is 8.07. The second-order valence-electron chi connectivity index (χ2n) is 4.56. The number of esters is 1. The molecule has 0 radical (unpaired) electrons. The van der Waals surface area contributed by atoms with Crippen LogP contribution in [0.5, 0.6) is 17.5 Å². The lowest BCUT2D eigenvalue weighted by Crippen LogP contribution is -2.23. The molecule has 1 heterocycles. The van der Waals surface area contributed by atoms with Gasteiger partial charge in [-0.3, -0.25) is 4.57 Å². The van der Waals surface area contributed by atoms with Crippen LogP contribution in [0, 0.1) is 0 Å². The molecule has 0 aliphatic carbocycles. The molecule has 6 nitrogen and oxygen atoms in total. The van der Waals surface area contributed by atoms with Gasteiger partial charge in [-0.2, -0.15) is 0 Å². The van der Waals surface area contributed by atoms with E-state index in [0.717, 1.165) is 10.1 Å². The van der Waals surface area contributed by atoms with Crippen molar-refractivity contribution in [1.82, 2.24) is 4.57 Å². The van der Waals surface area contributed by atoms with E-state index < -0.39 is 12.0 Å². The molecule has 2 rings (SSSR count). The van der Waals surface area contributed by atoms with Crippen molar-refractivity contribution in [3.8, 4) is 17.5 Å². The Labute approximate surface area is 121 Å². The van der Waals surface area contributed by atoms with Crippen molar-refractivity contribution in [2.24, 2.45) is 0 Å². The van der Waals surface area contributed by atoms with Gasteiger partial charge in [0.1, 0.15) is 11.8 Å². The molecule has 0 amide bonds. The normalized spacial score (nSPS) is 12.0. The van der Waals surface area contributed by atoms with Crippen LogP contribution in [0.15, 0.2) is 36.4 Å². The molecule has 3 N–H and O–H groups in total. The molecule has 6 heteroatoms. The van der Waals surface area contributed by atoms with Crippen LogP contribution in [0.2, 0.25) is 0 Å². The van der Waals surface area contributed by atoms with Crippen LogP contribution in [0.3, 0.4) is 0 Å². The summed E-state index contributed by atoms with van der Waals surface area (Å²) in [5.41, 5.74) is 0.762. The number of nitrogens with zero attached hydrogens (tertiary/aromatic N) is 1. The summed E-state index contributed by atoms with van der Waals surface area (Å²) >= 11 is 0. The van der Waals surface area contributed by atoms with E-state index in [2.05, 4.69) is 0 Å². The Hall–Kier alpha value is -2.63. The van der Waals surface area contributed by atoms with Crippen molar-refractivity contribution in [2.45, 2.75) is 19.4 Å². The number of carbonyl (C=O) groups is 1. The van der Waals surface area contributed by atoms with E-state index in [0.29, 0.717) is 0 Å². The van der Waals surface area contributed by atoms with Crippen molar-refractivity contribution >= 4 is 5.97 Å². The molecule has 112 valence electrons. The average Bonchev–Trinajstić information content (AvgIpc) is 2.78. The van der Waals surface area contributed by atoms with Crippen LogP contribution >= 0.6 is 0 Å². The van der Waals surface area contributed by atoms with Crippen LogP contribution in [-0.4, -0.2) is 32.5 Å². The van der Waals surface area contributed by atoms with E-state index in [1.165, 1.54) is 24.3 Å². The van der Waals surface area contributed by atoms with Gasteiger partial charge in [0.2, 0.25) is 0 Å². The quantitative estimate of drug-likeness (QED) is 0.732. The average molecular weight is 291 g/mol. The minimum absolute atomic E-state index is 0.123. The molecule has 0 aliphatic rings. The lowest BCUT2D eigenvalue weighted by atomic mass is 10.1. The first-order valence-corrected chi connectivity index (χ1v) is 6.56. The molecule has 0 unspecified atom stereocenters. The highest BCUT2D eigenvalue weighted by molar-refractivity contribution is 5.75. The number of rotatable bonds is 5. The van der Waals surface area contributed by atoms with Gasteiger partial charge in [-0.25, -0.2) is 4.79 Å². The molecule has 1 aromatic heterocycles. The SMILES string of the molecule is CCOC(=O)[C@H](Cc1ccc(O)cc1)n1c(O)ccc1O. The largest absolute Gasteiger partial charge is 0.508 e. The molecule has 1 aromatic carbocycles. The van der Waals surface area contributed by atoms with E-state index in [4.69, 9.17) is 4.74 Å². The highest BCUT2D eigenvalue weighted by Gasteiger charge is 2.26. The van der Waals surface area contributed by atoms with Gasteiger partial charge in [0.05, 0.1) is 6.61 Å². The molecule has 0 fully saturated rings. The number of aromatic hydroxyl groups is 3. The second kappa shape index (κ2) is 6.21. The Bertz CT molecular complexity index is 598. The van der Waals surface area contributed by atoms with Gasteiger partial charge in [0.15, 0.2) is 11.8 Å². The summed E-state index contributed by atoms with van der Waals surface area (Å²) in [4.78, 5) is 12.1. The molecule has 0 saturated carbocycles. The standard InChI is InChI=1S/C15H17NO5/c1-2-21-15(20)12(16-13(18)7-8-14(16)19)9-10-3-5-11(17)6-4-10/h3-8,12,17-19H,2,9H2,1H3/t12-/m0/s1. The smallest absolute Gasteiger partial charge is 0.329 e. The number of aromatic nitrogens is 1. The summed E-state index contributed by atoms with van der Waals surface area (Å²) in [5, 5.41) is 28.9. The highest BCUT2D eigenvalue weighted by Crippen LogP contribution is 2.30. The molecule has 0 saturated heterocycles. The second-order valence-corrected chi connectivity index (χ2v) is 4.56. The van der Waals surface area contributed by atoms with Crippen LogP contribution < -0.4 is 0 Å². The summed E-state index contributed by atoms with van der Waals surface area (Å²) < 4.78 is 6.12. The zero-order chi connectivity index (χ0) is 15.4. The van der Waals surface area contributed by atoms with Crippen LogP contribution in [0.25, 0.3) is 0 Å². The van der Waals surface area contributed by atoms with Gasteiger partial charge in [-0.1, -0.05) is 12.1 Å². The van der Waals surface area contributed by atoms with E-state index in [9.17, 15) is 20.1 Å². The van der Waals surface area contributed by atoms with Crippen LogP contribution in [-0.2, 0) is 16.0 Å². The fourth-order valence-corrected chi connectivity index (χ4v) is 2.12. The Balaban J connectivity index is 2.32. The molecule has 1 atom stereocenters. The van der Waals surface area contributed by atoms with Crippen LogP contribution in [0.4, 0.5) is 0 Å². The number of carbonyl (C=O) groups excluding carboxylic acids is 1. The Morgan fingerprint density at radius 2 is 1.67 bits per heavy atom. The lowest BCUT2D eigenvalue weighted by Gasteiger charge is -2.19. The maximum absolute atomic E-state index is 12.1. The maximum Gasteiger partial charge on any atom is 0.329 e. The monoisotopic (exact) mass is 291 g/mol. The van der Waals surface area contributed by atoms with Gasteiger partial charge in [-0.05, 0) is 24.6 Å². The third-order valence-electron chi connectivity index (χ3n) is 3.11. The number of phenols is 1. The van der Waals surface area contributed by atoms with Gasteiger partial charge in [-0.15, -0.1) is 0 Å². The maximum atomic E-state index is 12.1. The van der Waals surface area contributed by atoms with Crippen molar-refractivity contribution in [3.05, 3.63) is 42.0 Å². The number of hydrogen-bond acceptors (Lipinski definition) is 5. The van der Waals surface area contributed by atoms with E-state index in [1.54, 1.807) is 19.1 Å². The predicted octanol–water partition coefficient (Wildman–Crippen LogP) is 1.95. The minimum atomic E-state index is -0.885. The summed E-state index contributed by atoms with van der Waals surface area (Å²) in [7, 11) is 0. The summed E-state index contributed by atoms with van der Waals surface area (Å²) in [6.07, 6.45) is 0.217. The van der Waals surface area contributed by atoms with E-state index in [1.807, 2.05) is 0 Å². The first-order valence-electron chi connectivity index (χ1n) is 6.56. The first-order chi connectivity index (χ1) is 10.0. The Morgan fingerprint density at radius 3 is 2.19 bits per heavy atom. The number of ether oxygens (including phenoxy) is 1.